The van der Waals surface area contributed by atoms with Crippen LogP contribution in [0.2, 0.25) is 0 Å². The van der Waals surface area contributed by atoms with Crippen molar-refractivity contribution in [3.63, 3.8) is 0 Å². The first-order chi connectivity index (χ1) is 8.86. The first kappa shape index (κ1) is 12.9. The Morgan fingerprint density at radius 1 is 0.944 bits per heavy atom. The van der Waals surface area contributed by atoms with Crippen LogP contribution >= 0.6 is 0 Å². The van der Waals surface area contributed by atoms with Crippen molar-refractivity contribution in [2.24, 2.45) is 5.92 Å². The van der Waals surface area contributed by atoms with Crippen LogP contribution in [0.25, 0.3) is 0 Å². The molecular weight excluding hydrogens is 222 g/mol. The molecule has 0 aromatic carbocycles. The van der Waals surface area contributed by atoms with E-state index in [1.54, 1.807) is 0 Å². The van der Waals surface area contributed by atoms with Crippen molar-refractivity contribution in [3.05, 3.63) is 0 Å². The Morgan fingerprint density at radius 2 is 1.72 bits per heavy atom. The van der Waals surface area contributed by atoms with Crippen LogP contribution in [-0.2, 0) is 4.74 Å². The van der Waals surface area contributed by atoms with E-state index in [2.05, 4.69) is 5.32 Å². The topological polar surface area (TPSA) is 21.3 Å². The van der Waals surface area contributed by atoms with Crippen molar-refractivity contribution in [3.8, 4) is 0 Å². The maximum absolute atomic E-state index is 6.39. The Hall–Kier alpha value is -0.0800. The van der Waals surface area contributed by atoms with E-state index < -0.39 is 0 Å². The van der Waals surface area contributed by atoms with Gasteiger partial charge in [-0.15, -0.1) is 0 Å². The summed E-state index contributed by atoms with van der Waals surface area (Å²) in [5.74, 6) is 0.988. The monoisotopic (exact) mass is 251 g/mol. The normalized spacial score (nSPS) is 28.0. The first-order valence-corrected chi connectivity index (χ1v) is 8.24. The number of nitrogens with one attached hydrogen (secondary N) is 1. The molecule has 0 bridgehead atoms. The summed E-state index contributed by atoms with van der Waals surface area (Å²) in [4.78, 5) is 0. The third-order valence-corrected chi connectivity index (χ3v) is 5.21. The Labute approximate surface area is 112 Å². The number of hydrogen-bond donors (Lipinski definition) is 1. The fourth-order valence-corrected chi connectivity index (χ4v) is 3.41. The predicted molar refractivity (Wildman–Crippen MR) is 74.8 cm³/mol. The van der Waals surface area contributed by atoms with E-state index in [-0.39, 0.29) is 5.60 Å². The van der Waals surface area contributed by atoms with E-state index in [0.29, 0.717) is 0 Å². The zero-order chi connectivity index (χ0) is 12.3. The van der Waals surface area contributed by atoms with Crippen LogP contribution in [0.3, 0.4) is 0 Å². The molecule has 0 unspecified atom stereocenters. The van der Waals surface area contributed by atoms with Crippen molar-refractivity contribution in [1.29, 1.82) is 0 Å². The van der Waals surface area contributed by atoms with Gasteiger partial charge in [0.2, 0.25) is 0 Å². The number of ether oxygens (including phenoxy) is 1. The Morgan fingerprint density at radius 3 is 2.33 bits per heavy atom. The lowest BCUT2D eigenvalue weighted by atomic mass is 9.82. The SMILES string of the molecule is C1CCC(CNC2CC2)(OCCC2CCC2)CC1. The molecule has 3 aliphatic carbocycles. The molecule has 0 spiro atoms. The molecule has 0 saturated heterocycles. The summed E-state index contributed by atoms with van der Waals surface area (Å²) >= 11 is 0. The van der Waals surface area contributed by atoms with E-state index in [1.165, 1.54) is 70.6 Å². The van der Waals surface area contributed by atoms with E-state index in [9.17, 15) is 0 Å². The van der Waals surface area contributed by atoms with Gasteiger partial charge in [0, 0.05) is 19.2 Å². The quantitative estimate of drug-likeness (QED) is 0.746. The van der Waals surface area contributed by atoms with Gasteiger partial charge in [-0.3, -0.25) is 0 Å². The second-order valence-electron chi connectivity index (χ2n) is 6.83. The Bertz CT molecular complexity index is 252. The molecular formula is C16H29NO. The van der Waals surface area contributed by atoms with Crippen molar-refractivity contribution >= 4 is 0 Å². The minimum absolute atomic E-state index is 0.199. The lowest BCUT2D eigenvalue weighted by Gasteiger charge is -2.38. The number of hydrogen-bond acceptors (Lipinski definition) is 2. The summed E-state index contributed by atoms with van der Waals surface area (Å²) < 4.78 is 6.39. The van der Waals surface area contributed by atoms with Crippen LogP contribution in [0.5, 0.6) is 0 Å². The van der Waals surface area contributed by atoms with Crippen LogP contribution in [-0.4, -0.2) is 24.8 Å². The molecule has 0 amide bonds. The van der Waals surface area contributed by atoms with Gasteiger partial charge in [0.05, 0.1) is 5.60 Å². The van der Waals surface area contributed by atoms with E-state index >= 15 is 0 Å². The number of rotatable bonds is 7. The van der Waals surface area contributed by atoms with E-state index in [4.69, 9.17) is 4.74 Å². The molecule has 2 nitrogen and oxygen atoms in total. The van der Waals surface area contributed by atoms with Crippen molar-refractivity contribution in [1.82, 2.24) is 5.32 Å². The standard InChI is InChI=1S/C16H29NO/c1-2-10-16(11-3-1,13-17-15-7-8-15)18-12-9-14-5-4-6-14/h14-15,17H,1-13H2. The summed E-state index contributed by atoms with van der Waals surface area (Å²) in [7, 11) is 0. The molecule has 0 heterocycles. The molecule has 0 aromatic heterocycles. The third-order valence-electron chi connectivity index (χ3n) is 5.21. The summed E-state index contributed by atoms with van der Waals surface area (Å²) in [6.07, 6.45) is 15.2. The maximum Gasteiger partial charge on any atom is 0.0806 e. The Kier molecular flexibility index (Phi) is 4.25. The van der Waals surface area contributed by atoms with Gasteiger partial charge in [-0.25, -0.2) is 0 Å². The average Bonchev–Trinajstić information content (AvgIpc) is 3.15. The average molecular weight is 251 g/mol. The van der Waals surface area contributed by atoms with Crippen molar-refractivity contribution in [2.75, 3.05) is 13.2 Å². The van der Waals surface area contributed by atoms with Crippen molar-refractivity contribution in [2.45, 2.75) is 82.3 Å². The van der Waals surface area contributed by atoms with Gasteiger partial charge in [-0.2, -0.15) is 0 Å². The molecule has 1 N–H and O–H groups in total. The highest BCUT2D eigenvalue weighted by Crippen LogP contribution is 2.34. The van der Waals surface area contributed by atoms with Gasteiger partial charge in [-0.05, 0) is 38.0 Å². The summed E-state index contributed by atoms with van der Waals surface area (Å²) in [5.41, 5.74) is 0.199. The lowest BCUT2D eigenvalue weighted by molar-refractivity contribution is -0.0748. The second-order valence-corrected chi connectivity index (χ2v) is 6.83. The summed E-state index contributed by atoms with van der Waals surface area (Å²) in [6.45, 7) is 2.12. The first-order valence-electron chi connectivity index (χ1n) is 8.24. The maximum atomic E-state index is 6.39. The van der Waals surface area contributed by atoms with Crippen LogP contribution in [0.1, 0.15) is 70.6 Å². The third kappa shape index (κ3) is 3.48. The van der Waals surface area contributed by atoms with Gasteiger partial charge in [-0.1, -0.05) is 38.5 Å². The van der Waals surface area contributed by atoms with E-state index in [1.807, 2.05) is 0 Å². The molecule has 0 radical (unpaired) electrons. The highest BCUT2D eigenvalue weighted by Gasteiger charge is 2.35. The molecule has 3 saturated carbocycles. The van der Waals surface area contributed by atoms with Crippen LogP contribution in [0.15, 0.2) is 0 Å². The molecule has 3 rings (SSSR count). The molecule has 0 aromatic rings. The lowest BCUT2D eigenvalue weighted by Crippen LogP contribution is -2.45. The van der Waals surface area contributed by atoms with Crippen LogP contribution in [0.4, 0.5) is 0 Å². The predicted octanol–water partition coefficient (Wildman–Crippen LogP) is 3.65. The van der Waals surface area contributed by atoms with E-state index in [0.717, 1.165) is 25.1 Å². The summed E-state index contributed by atoms with van der Waals surface area (Å²) in [6, 6.07) is 0.819. The van der Waals surface area contributed by atoms with Crippen LogP contribution < -0.4 is 5.32 Å². The minimum atomic E-state index is 0.199. The molecule has 104 valence electrons. The van der Waals surface area contributed by atoms with Crippen molar-refractivity contribution < 1.29 is 4.74 Å². The zero-order valence-electron chi connectivity index (χ0n) is 11.8. The molecule has 3 fully saturated rings. The van der Waals surface area contributed by atoms with Gasteiger partial charge in [0.15, 0.2) is 0 Å². The molecule has 2 heteroatoms. The largest absolute Gasteiger partial charge is 0.374 e. The molecule has 3 aliphatic rings. The highest BCUT2D eigenvalue weighted by atomic mass is 16.5. The summed E-state index contributed by atoms with van der Waals surface area (Å²) in [5, 5.41) is 3.71. The minimum Gasteiger partial charge on any atom is -0.374 e. The fraction of sp³-hybridized carbons (Fsp3) is 1.00. The van der Waals surface area contributed by atoms with Gasteiger partial charge in [0.1, 0.15) is 0 Å². The fourth-order valence-electron chi connectivity index (χ4n) is 3.41. The van der Waals surface area contributed by atoms with Crippen LogP contribution in [0, 0.1) is 5.92 Å². The molecule has 18 heavy (non-hydrogen) atoms. The zero-order valence-corrected chi connectivity index (χ0v) is 11.8. The molecule has 0 aliphatic heterocycles. The van der Waals surface area contributed by atoms with Gasteiger partial charge >= 0.3 is 0 Å². The molecule has 0 atom stereocenters. The second kappa shape index (κ2) is 5.92. The smallest absolute Gasteiger partial charge is 0.0806 e. The highest BCUT2D eigenvalue weighted by molar-refractivity contribution is 4.91. The van der Waals surface area contributed by atoms with Gasteiger partial charge in [0.25, 0.3) is 0 Å². The Balaban J connectivity index is 1.43. The van der Waals surface area contributed by atoms with Gasteiger partial charge < -0.3 is 10.1 Å².